The number of hydrogen-bond donors (Lipinski definition) is 2. The number of benzene rings is 1. The molecule has 0 saturated heterocycles. The standard InChI is InChI=1S/C16H17N3O2S/c1-9-11-5-3-4-6-13(11)21-15(9)10(2)18-16(20)12-8-22-14(7-17)19-12/h3-6,8,10H,7,17H2,1-2H3,(H,18,20). The molecule has 1 unspecified atom stereocenters. The number of aromatic nitrogens is 1. The quantitative estimate of drug-likeness (QED) is 0.775. The van der Waals surface area contributed by atoms with Crippen molar-refractivity contribution in [3.8, 4) is 0 Å². The molecule has 3 rings (SSSR count). The van der Waals surface area contributed by atoms with E-state index in [1.165, 1.54) is 11.3 Å². The summed E-state index contributed by atoms with van der Waals surface area (Å²) in [4.78, 5) is 16.4. The minimum absolute atomic E-state index is 0.219. The third-order valence-electron chi connectivity index (χ3n) is 3.58. The number of fused-ring (bicyclic) bond motifs is 1. The molecule has 0 saturated carbocycles. The highest BCUT2D eigenvalue weighted by Gasteiger charge is 2.20. The zero-order valence-corrected chi connectivity index (χ0v) is 13.2. The minimum Gasteiger partial charge on any atom is -0.459 e. The van der Waals surface area contributed by atoms with Gasteiger partial charge in [-0.15, -0.1) is 11.3 Å². The molecule has 2 aromatic heterocycles. The second kappa shape index (κ2) is 5.90. The monoisotopic (exact) mass is 315 g/mol. The van der Waals surface area contributed by atoms with Crippen LogP contribution in [0.4, 0.5) is 0 Å². The van der Waals surface area contributed by atoms with Crippen LogP contribution < -0.4 is 11.1 Å². The number of nitrogens with zero attached hydrogens (tertiary/aromatic N) is 1. The van der Waals surface area contributed by atoms with Crippen LogP contribution in [-0.4, -0.2) is 10.9 Å². The predicted molar refractivity (Wildman–Crippen MR) is 86.8 cm³/mol. The average molecular weight is 315 g/mol. The van der Waals surface area contributed by atoms with Crippen molar-refractivity contribution < 1.29 is 9.21 Å². The molecule has 0 spiro atoms. The molecule has 22 heavy (non-hydrogen) atoms. The Morgan fingerprint density at radius 1 is 1.45 bits per heavy atom. The van der Waals surface area contributed by atoms with Crippen molar-refractivity contribution in [1.29, 1.82) is 0 Å². The first-order valence-electron chi connectivity index (χ1n) is 7.03. The molecule has 0 aliphatic carbocycles. The van der Waals surface area contributed by atoms with Crippen LogP contribution in [0.1, 0.15) is 39.8 Å². The van der Waals surface area contributed by atoms with Gasteiger partial charge in [0.05, 0.1) is 6.04 Å². The van der Waals surface area contributed by atoms with Gasteiger partial charge in [-0.3, -0.25) is 4.79 Å². The smallest absolute Gasteiger partial charge is 0.271 e. The van der Waals surface area contributed by atoms with Crippen molar-refractivity contribution in [3.05, 3.63) is 51.7 Å². The summed E-state index contributed by atoms with van der Waals surface area (Å²) in [5, 5.41) is 6.46. The maximum atomic E-state index is 12.2. The summed E-state index contributed by atoms with van der Waals surface area (Å²) in [6.07, 6.45) is 0. The van der Waals surface area contributed by atoms with E-state index in [0.29, 0.717) is 12.2 Å². The molecule has 3 N–H and O–H groups in total. The van der Waals surface area contributed by atoms with Crippen molar-refractivity contribution in [2.24, 2.45) is 5.73 Å². The number of thiazole rings is 1. The highest BCUT2D eigenvalue weighted by atomic mass is 32.1. The largest absolute Gasteiger partial charge is 0.459 e. The van der Waals surface area contributed by atoms with E-state index < -0.39 is 0 Å². The van der Waals surface area contributed by atoms with Crippen molar-refractivity contribution in [2.75, 3.05) is 0 Å². The first-order chi connectivity index (χ1) is 10.6. The number of carbonyl (C=O) groups excluding carboxylic acids is 1. The number of furan rings is 1. The minimum atomic E-state index is -0.233. The fourth-order valence-corrected chi connectivity index (χ4v) is 3.11. The van der Waals surface area contributed by atoms with E-state index in [1.807, 2.05) is 38.1 Å². The molecule has 0 aliphatic heterocycles. The average Bonchev–Trinajstić information content (AvgIpc) is 3.12. The van der Waals surface area contributed by atoms with E-state index >= 15 is 0 Å². The van der Waals surface area contributed by atoms with Gasteiger partial charge in [0, 0.05) is 22.9 Å². The summed E-state index contributed by atoms with van der Waals surface area (Å²) in [7, 11) is 0. The lowest BCUT2D eigenvalue weighted by Crippen LogP contribution is -2.27. The lowest BCUT2D eigenvalue weighted by atomic mass is 10.1. The van der Waals surface area contributed by atoms with Crippen molar-refractivity contribution >= 4 is 28.2 Å². The SMILES string of the molecule is Cc1c(C(C)NC(=O)c2csc(CN)n2)oc2ccccc12. The number of nitrogens with two attached hydrogens (primary N) is 1. The van der Waals surface area contributed by atoms with Gasteiger partial charge >= 0.3 is 0 Å². The first-order valence-corrected chi connectivity index (χ1v) is 7.91. The van der Waals surface area contributed by atoms with Crippen LogP contribution in [0.5, 0.6) is 0 Å². The number of aryl methyl sites for hydroxylation is 1. The number of para-hydroxylation sites is 1. The zero-order chi connectivity index (χ0) is 15.7. The fourth-order valence-electron chi connectivity index (χ4n) is 2.45. The first kappa shape index (κ1) is 14.7. The number of nitrogens with one attached hydrogen (secondary N) is 1. The van der Waals surface area contributed by atoms with E-state index in [0.717, 1.165) is 27.3 Å². The molecular formula is C16H17N3O2S. The summed E-state index contributed by atoms with van der Waals surface area (Å²) >= 11 is 1.39. The van der Waals surface area contributed by atoms with Crippen LogP contribution >= 0.6 is 11.3 Å². The van der Waals surface area contributed by atoms with E-state index in [4.69, 9.17) is 10.2 Å². The molecule has 1 aromatic carbocycles. The molecule has 6 heteroatoms. The maximum Gasteiger partial charge on any atom is 0.271 e. The summed E-state index contributed by atoms with van der Waals surface area (Å²) < 4.78 is 5.87. The lowest BCUT2D eigenvalue weighted by Gasteiger charge is -2.11. The van der Waals surface area contributed by atoms with Crippen LogP contribution in [0.3, 0.4) is 0 Å². The molecule has 1 amide bonds. The summed E-state index contributed by atoms with van der Waals surface area (Å²) in [6.45, 7) is 4.24. The molecule has 0 aliphatic rings. The Bertz CT molecular complexity index is 822. The van der Waals surface area contributed by atoms with Gasteiger partial charge in [-0.25, -0.2) is 4.98 Å². The van der Waals surface area contributed by atoms with Crippen molar-refractivity contribution in [1.82, 2.24) is 10.3 Å². The molecule has 114 valence electrons. The van der Waals surface area contributed by atoms with Crippen LogP contribution in [0.25, 0.3) is 11.0 Å². The lowest BCUT2D eigenvalue weighted by molar-refractivity contribution is 0.0931. The topological polar surface area (TPSA) is 81.2 Å². The van der Waals surface area contributed by atoms with Crippen LogP contribution in [0.2, 0.25) is 0 Å². The van der Waals surface area contributed by atoms with Gasteiger partial charge in [0.2, 0.25) is 0 Å². The molecule has 0 radical (unpaired) electrons. The summed E-state index contributed by atoms with van der Waals surface area (Å²) in [5.41, 5.74) is 7.79. The number of rotatable bonds is 4. The third kappa shape index (κ3) is 2.63. The Hall–Kier alpha value is -2.18. The predicted octanol–water partition coefficient (Wildman–Crippen LogP) is 3.15. The van der Waals surface area contributed by atoms with Crippen LogP contribution in [-0.2, 0) is 6.54 Å². The van der Waals surface area contributed by atoms with Gasteiger partial charge in [-0.05, 0) is 19.9 Å². The van der Waals surface area contributed by atoms with E-state index in [9.17, 15) is 4.79 Å². The fraction of sp³-hybridized carbons (Fsp3) is 0.250. The van der Waals surface area contributed by atoms with E-state index in [1.54, 1.807) is 5.38 Å². The molecule has 5 nitrogen and oxygen atoms in total. The van der Waals surface area contributed by atoms with E-state index in [-0.39, 0.29) is 11.9 Å². The second-order valence-corrected chi connectivity index (χ2v) is 6.06. The van der Waals surface area contributed by atoms with Crippen molar-refractivity contribution in [3.63, 3.8) is 0 Å². The van der Waals surface area contributed by atoms with Crippen LogP contribution in [0.15, 0.2) is 34.1 Å². The zero-order valence-electron chi connectivity index (χ0n) is 12.4. The van der Waals surface area contributed by atoms with Gasteiger partial charge in [0.1, 0.15) is 22.0 Å². The van der Waals surface area contributed by atoms with Gasteiger partial charge in [0.25, 0.3) is 5.91 Å². The highest BCUT2D eigenvalue weighted by molar-refractivity contribution is 7.09. The van der Waals surface area contributed by atoms with Crippen molar-refractivity contribution in [2.45, 2.75) is 26.4 Å². The van der Waals surface area contributed by atoms with Gasteiger partial charge in [-0.1, -0.05) is 18.2 Å². The molecule has 1 atom stereocenters. The molecule has 3 aromatic rings. The van der Waals surface area contributed by atoms with Gasteiger partial charge in [0.15, 0.2) is 0 Å². The third-order valence-corrected chi connectivity index (χ3v) is 4.45. The Labute approximate surface area is 132 Å². The second-order valence-electron chi connectivity index (χ2n) is 5.11. The Morgan fingerprint density at radius 2 is 2.23 bits per heavy atom. The Kier molecular flexibility index (Phi) is 3.96. The van der Waals surface area contributed by atoms with E-state index in [2.05, 4.69) is 10.3 Å². The molecule has 0 bridgehead atoms. The number of carbonyl (C=O) groups is 1. The normalized spacial score (nSPS) is 12.5. The van der Waals surface area contributed by atoms with Gasteiger partial charge in [-0.2, -0.15) is 0 Å². The number of hydrogen-bond acceptors (Lipinski definition) is 5. The molecule has 0 fully saturated rings. The van der Waals surface area contributed by atoms with Gasteiger partial charge < -0.3 is 15.5 Å². The molecule has 2 heterocycles. The summed E-state index contributed by atoms with van der Waals surface area (Å²) in [6, 6.07) is 7.61. The van der Waals surface area contributed by atoms with Crippen LogP contribution in [0, 0.1) is 6.92 Å². The summed E-state index contributed by atoms with van der Waals surface area (Å²) in [5.74, 6) is 0.548. The maximum absolute atomic E-state index is 12.2. The Morgan fingerprint density at radius 3 is 2.91 bits per heavy atom. The molecular weight excluding hydrogens is 298 g/mol. The number of amides is 1. The Balaban J connectivity index is 1.82. The highest BCUT2D eigenvalue weighted by Crippen LogP contribution is 2.29.